The number of ether oxygens (including phenoxy) is 4. The average Bonchev–Trinajstić information content (AvgIpc) is 3.44. The molecule has 1 aromatic heterocycles. The highest BCUT2D eigenvalue weighted by Gasteiger charge is 2.75. The normalized spacial score (nSPS) is 41.5. The number of esters is 1. The van der Waals surface area contributed by atoms with E-state index >= 15 is 0 Å². The first-order chi connectivity index (χ1) is 18.3. The molecule has 208 valence electrons. The van der Waals surface area contributed by atoms with Crippen molar-refractivity contribution in [3.63, 3.8) is 0 Å². The van der Waals surface area contributed by atoms with Crippen molar-refractivity contribution in [3.05, 3.63) is 45.6 Å². The highest BCUT2D eigenvalue weighted by molar-refractivity contribution is 9.10. The molecule has 0 amide bonds. The molecule has 7 atom stereocenters. The topological polar surface area (TPSA) is 113 Å². The van der Waals surface area contributed by atoms with E-state index in [4.69, 9.17) is 24.7 Å². The van der Waals surface area contributed by atoms with E-state index in [1.165, 1.54) is 18.1 Å². The molecule has 3 N–H and O–H groups in total. The number of hydrogen-bond donors (Lipinski definition) is 2. The van der Waals surface area contributed by atoms with Crippen molar-refractivity contribution in [2.24, 2.45) is 16.6 Å². The number of H-pyrrole nitrogens is 1. The standard InChI is InChI=1S/C30H35BrN2O6/c1-26(2)25-19(34)11-20-28(4)21(37-14-22(35)36-5)13-29(32)12-17-16-10-15(31)6-7-18(16)33-23(17)24(29)27(28,3)8-9-30(20,38-25)39-26/h6-7,10-11,21,24-25,33H,8-9,12-14,32H2,1-5H3/t21-,24?,25?,27?,28?,29?,30?/m0/s1. The number of aromatic nitrogens is 1. The summed E-state index contributed by atoms with van der Waals surface area (Å²) >= 11 is 3.64. The maximum absolute atomic E-state index is 13.5. The molecular formula is C30H35BrN2O6. The predicted molar refractivity (Wildman–Crippen MR) is 147 cm³/mol. The van der Waals surface area contributed by atoms with Crippen molar-refractivity contribution in [1.82, 2.24) is 4.98 Å². The number of carbonyl (C=O) groups excluding carboxylic acids is 2. The molecule has 6 unspecified atom stereocenters. The lowest BCUT2D eigenvalue weighted by molar-refractivity contribution is -0.240. The van der Waals surface area contributed by atoms with Crippen LogP contribution in [0, 0.1) is 10.8 Å². The molecule has 3 heterocycles. The fourth-order valence-corrected chi connectivity index (χ4v) is 9.35. The summed E-state index contributed by atoms with van der Waals surface area (Å²) in [5, 5.41) is 1.17. The smallest absolute Gasteiger partial charge is 0.331 e. The molecule has 2 bridgehead atoms. The van der Waals surface area contributed by atoms with Crippen LogP contribution in [0.3, 0.4) is 0 Å². The van der Waals surface area contributed by atoms with Crippen LogP contribution in [0.25, 0.3) is 10.9 Å². The van der Waals surface area contributed by atoms with Gasteiger partial charge in [0.1, 0.15) is 12.2 Å². The molecule has 0 radical (unpaired) electrons. The second kappa shape index (κ2) is 7.82. The van der Waals surface area contributed by atoms with Gasteiger partial charge in [0.05, 0.1) is 13.2 Å². The summed E-state index contributed by atoms with van der Waals surface area (Å²) in [7, 11) is 1.35. The van der Waals surface area contributed by atoms with Crippen molar-refractivity contribution in [3.8, 4) is 0 Å². The second-order valence-electron chi connectivity index (χ2n) is 13.2. The number of carbonyl (C=O) groups is 2. The van der Waals surface area contributed by atoms with E-state index in [0.29, 0.717) is 19.3 Å². The third kappa shape index (κ3) is 3.14. The molecule has 2 saturated carbocycles. The minimum Gasteiger partial charge on any atom is -0.467 e. The lowest BCUT2D eigenvalue weighted by Gasteiger charge is -2.67. The first kappa shape index (κ1) is 25.9. The summed E-state index contributed by atoms with van der Waals surface area (Å²) in [6.45, 7) is 8.07. The van der Waals surface area contributed by atoms with Gasteiger partial charge in [-0.2, -0.15) is 0 Å². The summed E-state index contributed by atoms with van der Waals surface area (Å²) in [4.78, 5) is 29.5. The number of nitrogens with one attached hydrogen (secondary N) is 1. The van der Waals surface area contributed by atoms with Crippen molar-refractivity contribution in [2.45, 2.75) is 88.4 Å². The van der Waals surface area contributed by atoms with Gasteiger partial charge in [-0.25, -0.2) is 4.79 Å². The van der Waals surface area contributed by atoms with Crippen molar-refractivity contribution >= 4 is 38.6 Å². The van der Waals surface area contributed by atoms with E-state index in [2.05, 4.69) is 46.9 Å². The average molecular weight is 600 g/mol. The highest BCUT2D eigenvalue weighted by atomic mass is 79.9. The number of halogens is 1. The van der Waals surface area contributed by atoms with Crippen LogP contribution in [-0.4, -0.2) is 59.6 Å². The zero-order valence-electron chi connectivity index (χ0n) is 23.0. The van der Waals surface area contributed by atoms with Crippen LogP contribution in [0.15, 0.2) is 34.3 Å². The van der Waals surface area contributed by atoms with Crippen molar-refractivity contribution in [2.75, 3.05) is 13.7 Å². The van der Waals surface area contributed by atoms with E-state index in [9.17, 15) is 9.59 Å². The molecule has 3 aliphatic carbocycles. The Labute approximate surface area is 236 Å². The molecule has 3 fully saturated rings. The Hall–Kier alpha value is -2.04. The zero-order chi connectivity index (χ0) is 27.8. The van der Waals surface area contributed by atoms with Crippen LogP contribution in [0.5, 0.6) is 0 Å². The number of nitrogens with two attached hydrogens (primary N) is 1. The van der Waals surface area contributed by atoms with Crippen LogP contribution in [-0.2, 0) is 35.0 Å². The number of ketones is 1. The van der Waals surface area contributed by atoms with E-state index in [1.807, 2.05) is 19.9 Å². The SMILES string of the molecule is COC(=O)CO[C@H]1CC2(N)Cc3c([nH]c4ccc(Br)cc34)C2C2(C)CCC34OC(C(=O)C=C3C12C)C(C)(C)O4. The molecule has 5 aliphatic rings. The maximum atomic E-state index is 13.5. The predicted octanol–water partition coefficient (Wildman–Crippen LogP) is 4.44. The number of rotatable bonds is 3. The van der Waals surface area contributed by atoms with Gasteiger partial charge in [-0.1, -0.05) is 29.8 Å². The molecule has 39 heavy (non-hydrogen) atoms. The molecule has 9 heteroatoms. The van der Waals surface area contributed by atoms with Crippen LogP contribution in [0.2, 0.25) is 0 Å². The number of aromatic amines is 1. The number of benzene rings is 1. The fourth-order valence-electron chi connectivity index (χ4n) is 8.99. The molecule has 8 nitrogen and oxygen atoms in total. The van der Waals surface area contributed by atoms with Gasteiger partial charge in [0.15, 0.2) is 17.7 Å². The van der Waals surface area contributed by atoms with Gasteiger partial charge < -0.3 is 29.7 Å². The van der Waals surface area contributed by atoms with Crippen LogP contribution < -0.4 is 5.73 Å². The van der Waals surface area contributed by atoms with Gasteiger partial charge in [0, 0.05) is 49.9 Å². The van der Waals surface area contributed by atoms with Gasteiger partial charge in [-0.15, -0.1) is 0 Å². The molecule has 1 spiro atoms. The van der Waals surface area contributed by atoms with Crippen LogP contribution >= 0.6 is 15.9 Å². The Morgan fingerprint density at radius 2 is 2.00 bits per heavy atom. The maximum Gasteiger partial charge on any atom is 0.331 e. The molecule has 2 aliphatic heterocycles. The molecule has 1 aromatic carbocycles. The second-order valence-corrected chi connectivity index (χ2v) is 14.1. The molecule has 7 rings (SSSR count). The molecule has 2 aromatic rings. The highest BCUT2D eigenvalue weighted by Crippen LogP contribution is 2.74. The minimum absolute atomic E-state index is 0.0327. The third-order valence-corrected chi connectivity index (χ3v) is 11.3. The van der Waals surface area contributed by atoms with E-state index in [-0.39, 0.29) is 18.3 Å². The number of fused-ring (bicyclic) bond motifs is 9. The van der Waals surface area contributed by atoms with Gasteiger partial charge >= 0.3 is 5.97 Å². The molecular weight excluding hydrogens is 564 g/mol. The fraction of sp³-hybridized carbons (Fsp3) is 0.600. The quantitative estimate of drug-likeness (QED) is 0.502. The van der Waals surface area contributed by atoms with Crippen molar-refractivity contribution < 1.29 is 28.5 Å². The van der Waals surface area contributed by atoms with Crippen LogP contribution in [0.1, 0.15) is 64.1 Å². The third-order valence-electron chi connectivity index (χ3n) is 10.8. The summed E-state index contributed by atoms with van der Waals surface area (Å²) in [5.41, 5.74) is 9.19. The van der Waals surface area contributed by atoms with Crippen LogP contribution in [0.4, 0.5) is 0 Å². The lowest BCUT2D eigenvalue weighted by Crippen LogP contribution is -2.70. The largest absolute Gasteiger partial charge is 0.467 e. The first-order valence-corrected chi connectivity index (χ1v) is 14.5. The minimum atomic E-state index is -1.01. The zero-order valence-corrected chi connectivity index (χ0v) is 24.6. The number of hydrogen-bond acceptors (Lipinski definition) is 7. The summed E-state index contributed by atoms with van der Waals surface area (Å²) in [5.74, 6) is -1.58. The van der Waals surface area contributed by atoms with E-state index in [1.54, 1.807) is 6.08 Å². The Kier molecular flexibility index (Phi) is 5.19. The lowest BCUT2D eigenvalue weighted by atomic mass is 9.41. The van der Waals surface area contributed by atoms with Gasteiger partial charge in [-0.05, 0) is 68.4 Å². The summed E-state index contributed by atoms with van der Waals surface area (Å²) in [6, 6.07) is 6.30. The van der Waals surface area contributed by atoms with Gasteiger partial charge in [-0.3, -0.25) is 4.79 Å². The first-order valence-electron chi connectivity index (χ1n) is 13.7. The monoisotopic (exact) mass is 598 g/mol. The van der Waals surface area contributed by atoms with E-state index < -0.39 is 45.9 Å². The Balaban J connectivity index is 1.43. The van der Waals surface area contributed by atoms with Gasteiger partial charge in [0.2, 0.25) is 0 Å². The Morgan fingerprint density at radius 3 is 2.74 bits per heavy atom. The Bertz CT molecular complexity index is 1480. The molecule has 1 saturated heterocycles. The summed E-state index contributed by atoms with van der Waals surface area (Å²) < 4.78 is 25.5. The Morgan fingerprint density at radius 1 is 1.23 bits per heavy atom. The van der Waals surface area contributed by atoms with E-state index in [0.717, 1.165) is 27.7 Å². The van der Waals surface area contributed by atoms with Crippen molar-refractivity contribution in [1.29, 1.82) is 0 Å². The summed E-state index contributed by atoms with van der Waals surface area (Å²) in [6.07, 6.45) is 3.20. The van der Waals surface area contributed by atoms with Gasteiger partial charge in [0.25, 0.3) is 0 Å². The number of methoxy groups -OCH3 is 1.